The Hall–Kier alpha value is -2.31. The summed E-state index contributed by atoms with van der Waals surface area (Å²) >= 11 is 7.51. The summed E-state index contributed by atoms with van der Waals surface area (Å²) in [5.74, 6) is 1.08. The molecule has 0 aliphatic carbocycles. The number of amides is 1. The molecule has 0 aliphatic heterocycles. The van der Waals surface area contributed by atoms with Crippen molar-refractivity contribution < 1.29 is 4.79 Å². The van der Waals surface area contributed by atoms with Crippen molar-refractivity contribution in [1.82, 2.24) is 14.8 Å². The number of aromatic nitrogens is 3. The molecule has 1 amide bonds. The minimum atomic E-state index is -0.0967. The second kappa shape index (κ2) is 9.75. The molecule has 7 heteroatoms. The van der Waals surface area contributed by atoms with Gasteiger partial charge in [-0.05, 0) is 36.6 Å². The first-order valence-electron chi connectivity index (χ1n) is 9.21. The number of nitrogens with zero attached hydrogens (tertiary/aromatic N) is 3. The fraction of sp³-hybridized carbons (Fsp3) is 0.286. The van der Waals surface area contributed by atoms with Crippen LogP contribution in [0.15, 0.2) is 53.7 Å². The number of hydrogen-bond donors (Lipinski definition) is 1. The SMILES string of the molecule is CCCn1c(Cc2ccccc2)nnc1SCC(=O)Nc1ccc(C)c(Cl)c1. The van der Waals surface area contributed by atoms with Gasteiger partial charge in [0.25, 0.3) is 0 Å². The minimum Gasteiger partial charge on any atom is -0.325 e. The fourth-order valence-corrected chi connectivity index (χ4v) is 3.74. The molecule has 0 radical (unpaired) electrons. The van der Waals surface area contributed by atoms with Gasteiger partial charge in [-0.25, -0.2) is 0 Å². The van der Waals surface area contributed by atoms with Gasteiger partial charge in [0.05, 0.1) is 5.75 Å². The average molecular weight is 415 g/mol. The average Bonchev–Trinajstić information content (AvgIpc) is 3.06. The quantitative estimate of drug-likeness (QED) is 0.528. The smallest absolute Gasteiger partial charge is 0.234 e. The summed E-state index contributed by atoms with van der Waals surface area (Å²) in [6.07, 6.45) is 1.70. The van der Waals surface area contributed by atoms with Gasteiger partial charge < -0.3 is 9.88 Å². The highest BCUT2D eigenvalue weighted by atomic mass is 35.5. The molecular weight excluding hydrogens is 392 g/mol. The molecule has 0 aliphatic rings. The lowest BCUT2D eigenvalue weighted by Crippen LogP contribution is -2.15. The lowest BCUT2D eigenvalue weighted by atomic mass is 10.1. The van der Waals surface area contributed by atoms with Crippen molar-refractivity contribution in [2.45, 2.75) is 38.4 Å². The molecule has 0 fully saturated rings. The Balaban J connectivity index is 1.64. The number of aryl methyl sites for hydroxylation is 1. The largest absolute Gasteiger partial charge is 0.325 e. The summed E-state index contributed by atoms with van der Waals surface area (Å²) in [6, 6.07) is 15.7. The van der Waals surface area contributed by atoms with Crippen LogP contribution in [0.25, 0.3) is 0 Å². The molecule has 3 rings (SSSR count). The monoisotopic (exact) mass is 414 g/mol. The highest BCUT2D eigenvalue weighted by Crippen LogP contribution is 2.22. The van der Waals surface area contributed by atoms with E-state index in [0.29, 0.717) is 10.7 Å². The van der Waals surface area contributed by atoms with Crippen LogP contribution in [0.4, 0.5) is 5.69 Å². The van der Waals surface area contributed by atoms with Crippen molar-refractivity contribution in [3.8, 4) is 0 Å². The Morgan fingerprint density at radius 1 is 1.18 bits per heavy atom. The van der Waals surface area contributed by atoms with E-state index in [-0.39, 0.29) is 11.7 Å². The number of hydrogen-bond acceptors (Lipinski definition) is 4. The van der Waals surface area contributed by atoms with Gasteiger partial charge in [0.15, 0.2) is 5.16 Å². The van der Waals surface area contributed by atoms with Gasteiger partial charge in [0.2, 0.25) is 5.91 Å². The third kappa shape index (κ3) is 5.36. The maximum absolute atomic E-state index is 12.3. The van der Waals surface area contributed by atoms with Crippen LogP contribution >= 0.6 is 23.4 Å². The van der Waals surface area contributed by atoms with E-state index in [0.717, 1.165) is 35.9 Å². The number of rotatable bonds is 8. The predicted molar refractivity (Wildman–Crippen MR) is 115 cm³/mol. The number of halogens is 1. The number of carbonyl (C=O) groups is 1. The first-order chi connectivity index (χ1) is 13.6. The number of carbonyl (C=O) groups excluding carboxylic acids is 1. The highest BCUT2D eigenvalue weighted by Gasteiger charge is 2.14. The van der Waals surface area contributed by atoms with Gasteiger partial charge in [-0.1, -0.05) is 66.7 Å². The molecule has 0 bridgehead atoms. The Morgan fingerprint density at radius 3 is 2.68 bits per heavy atom. The molecule has 5 nitrogen and oxygen atoms in total. The molecule has 2 aromatic carbocycles. The zero-order valence-corrected chi connectivity index (χ0v) is 17.6. The summed E-state index contributed by atoms with van der Waals surface area (Å²) < 4.78 is 2.10. The Morgan fingerprint density at radius 2 is 1.96 bits per heavy atom. The van der Waals surface area contributed by atoms with Gasteiger partial charge >= 0.3 is 0 Å². The molecule has 0 saturated heterocycles. The molecule has 0 spiro atoms. The molecule has 1 aromatic heterocycles. The van der Waals surface area contributed by atoms with E-state index in [4.69, 9.17) is 11.6 Å². The summed E-state index contributed by atoms with van der Waals surface area (Å²) in [7, 11) is 0. The Kier molecular flexibility index (Phi) is 7.12. The first kappa shape index (κ1) is 20.4. The van der Waals surface area contributed by atoms with Gasteiger partial charge in [0, 0.05) is 23.7 Å². The predicted octanol–water partition coefficient (Wildman–Crippen LogP) is 4.97. The van der Waals surface area contributed by atoms with Crippen LogP contribution < -0.4 is 5.32 Å². The zero-order valence-electron chi connectivity index (χ0n) is 16.0. The van der Waals surface area contributed by atoms with E-state index >= 15 is 0 Å². The van der Waals surface area contributed by atoms with E-state index in [9.17, 15) is 4.79 Å². The van der Waals surface area contributed by atoms with Gasteiger partial charge in [-0.2, -0.15) is 0 Å². The van der Waals surface area contributed by atoms with Crippen molar-refractivity contribution in [3.05, 3.63) is 70.5 Å². The molecule has 146 valence electrons. The molecule has 1 N–H and O–H groups in total. The highest BCUT2D eigenvalue weighted by molar-refractivity contribution is 7.99. The molecule has 1 heterocycles. The zero-order chi connectivity index (χ0) is 19.9. The van der Waals surface area contributed by atoms with Gasteiger partial charge in [-0.15, -0.1) is 10.2 Å². The third-order valence-corrected chi connectivity index (χ3v) is 5.61. The van der Waals surface area contributed by atoms with Gasteiger partial charge in [-0.3, -0.25) is 4.79 Å². The number of benzene rings is 2. The molecule has 0 atom stereocenters. The molecule has 0 unspecified atom stereocenters. The maximum atomic E-state index is 12.3. The lowest BCUT2D eigenvalue weighted by Gasteiger charge is -2.09. The fourth-order valence-electron chi connectivity index (χ4n) is 2.78. The molecule has 0 saturated carbocycles. The van der Waals surface area contributed by atoms with Crippen LogP contribution in [-0.4, -0.2) is 26.4 Å². The molecule has 3 aromatic rings. The molecule has 28 heavy (non-hydrogen) atoms. The van der Waals surface area contributed by atoms with E-state index < -0.39 is 0 Å². The maximum Gasteiger partial charge on any atom is 0.234 e. The molecular formula is C21H23ClN4OS. The second-order valence-corrected chi connectivity index (χ2v) is 7.86. The lowest BCUT2D eigenvalue weighted by molar-refractivity contribution is -0.113. The summed E-state index contributed by atoms with van der Waals surface area (Å²) in [4.78, 5) is 12.3. The topological polar surface area (TPSA) is 59.8 Å². The number of nitrogens with one attached hydrogen (secondary N) is 1. The summed E-state index contributed by atoms with van der Waals surface area (Å²) in [5, 5.41) is 12.9. The normalized spacial score (nSPS) is 10.8. The van der Waals surface area contributed by atoms with Crippen molar-refractivity contribution in [2.24, 2.45) is 0 Å². The van der Waals surface area contributed by atoms with Gasteiger partial charge in [0.1, 0.15) is 5.82 Å². The van der Waals surface area contributed by atoms with Crippen LogP contribution in [0.1, 0.15) is 30.3 Å². The van der Waals surface area contributed by atoms with Crippen molar-refractivity contribution in [2.75, 3.05) is 11.1 Å². The van der Waals surface area contributed by atoms with E-state index in [2.05, 4.69) is 39.1 Å². The summed E-state index contributed by atoms with van der Waals surface area (Å²) in [6.45, 7) is 4.87. The van der Waals surface area contributed by atoms with Crippen molar-refractivity contribution >= 4 is 35.0 Å². The standard InChI is InChI=1S/C21H23ClN4OS/c1-3-11-26-19(12-16-7-5-4-6-8-16)24-25-21(26)28-14-20(27)23-17-10-9-15(2)18(22)13-17/h4-10,13H,3,11-12,14H2,1-2H3,(H,23,27). The Labute approximate surface area is 174 Å². The second-order valence-electron chi connectivity index (χ2n) is 6.51. The number of thioether (sulfide) groups is 1. The van der Waals surface area contributed by atoms with Crippen LogP contribution in [0, 0.1) is 6.92 Å². The van der Waals surface area contributed by atoms with E-state index in [1.807, 2.05) is 37.3 Å². The van der Waals surface area contributed by atoms with Crippen LogP contribution in [0.5, 0.6) is 0 Å². The Bertz CT molecular complexity index is 943. The third-order valence-electron chi connectivity index (χ3n) is 4.23. The summed E-state index contributed by atoms with van der Waals surface area (Å²) in [5.41, 5.74) is 2.87. The van der Waals surface area contributed by atoms with Crippen molar-refractivity contribution in [1.29, 1.82) is 0 Å². The minimum absolute atomic E-state index is 0.0967. The van der Waals surface area contributed by atoms with E-state index in [1.165, 1.54) is 17.3 Å². The van der Waals surface area contributed by atoms with E-state index in [1.54, 1.807) is 6.07 Å². The number of anilines is 1. The van der Waals surface area contributed by atoms with Crippen LogP contribution in [0.3, 0.4) is 0 Å². The van der Waals surface area contributed by atoms with Crippen LogP contribution in [-0.2, 0) is 17.8 Å². The van der Waals surface area contributed by atoms with Crippen LogP contribution in [0.2, 0.25) is 5.02 Å². The first-order valence-corrected chi connectivity index (χ1v) is 10.6. The van der Waals surface area contributed by atoms with Crippen molar-refractivity contribution in [3.63, 3.8) is 0 Å².